The van der Waals surface area contributed by atoms with Gasteiger partial charge in [-0.15, -0.1) is 0 Å². The van der Waals surface area contributed by atoms with Crippen molar-refractivity contribution in [2.24, 2.45) is 0 Å². The lowest BCUT2D eigenvalue weighted by atomic mass is 10.2. The maximum Gasteiger partial charge on any atom is 0.333 e. The Balaban J connectivity index is 3.79. The Morgan fingerprint density at radius 1 is 1.06 bits per heavy atom. The highest BCUT2D eigenvalue weighted by atomic mass is 16.6. The Kier molecular flexibility index (Phi) is 7.19. The van der Waals surface area contributed by atoms with Crippen LogP contribution < -0.4 is 0 Å². The summed E-state index contributed by atoms with van der Waals surface area (Å²) in [5.41, 5.74) is 0.759. The SMILES string of the molecule is C=C(C)C(=C)OCCOC(=O)CC(=C)C(=O)OC. The number of esters is 2. The van der Waals surface area contributed by atoms with E-state index in [4.69, 9.17) is 9.47 Å². The third-order valence-corrected chi connectivity index (χ3v) is 1.93. The molecule has 0 saturated heterocycles. The molecular weight excluding hydrogens is 236 g/mol. The second-order valence-electron chi connectivity index (χ2n) is 3.54. The molecule has 0 bridgehead atoms. The zero-order valence-corrected chi connectivity index (χ0v) is 10.8. The van der Waals surface area contributed by atoms with Crippen LogP contribution in [0.1, 0.15) is 13.3 Å². The largest absolute Gasteiger partial charge is 0.490 e. The molecule has 0 radical (unpaired) electrons. The van der Waals surface area contributed by atoms with Crippen molar-refractivity contribution in [3.8, 4) is 0 Å². The zero-order valence-electron chi connectivity index (χ0n) is 10.8. The monoisotopic (exact) mass is 254 g/mol. The molecule has 18 heavy (non-hydrogen) atoms. The highest BCUT2D eigenvalue weighted by molar-refractivity contribution is 5.93. The van der Waals surface area contributed by atoms with Crippen LogP contribution in [0, 0.1) is 0 Å². The van der Waals surface area contributed by atoms with Crippen LogP contribution in [0.4, 0.5) is 0 Å². The number of rotatable bonds is 8. The van der Waals surface area contributed by atoms with Gasteiger partial charge in [0.15, 0.2) is 0 Å². The van der Waals surface area contributed by atoms with Gasteiger partial charge in [0.1, 0.15) is 19.0 Å². The predicted molar refractivity (Wildman–Crippen MR) is 66.6 cm³/mol. The smallest absolute Gasteiger partial charge is 0.333 e. The van der Waals surface area contributed by atoms with E-state index in [0.29, 0.717) is 11.3 Å². The van der Waals surface area contributed by atoms with Crippen LogP contribution in [0.25, 0.3) is 0 Å². The molecule has 0 saturated carbocycles. The maximum absolute atomic E-state index is 11.3. The van der Waals surface area contributed by atoms with Crippen LogP contribution in [-0.2, 0) is 23.8 Å². The van der Waals surface area contributed by atoms with Crippen LogP contribution in [0.15, 0.2) is 36.6 Å². The van der Waals surface area contributed by atoms with Crippen LogP contribution in [-0.4, -0.2) is 32.3 Å². The molecule has 0 aromatic heterocycles. The lowest BCUT2D eigenvalue weighted by molar-refractivity contribution is -0.146. The predicted octanol–water partition coefficient (Wildman–Crippen LogP) is 1.76. The fourth-order valence-electron chi connectivity index (χ4n) is 0.885. The summed E-state index contributed by atoms with van der Waals surface area (Å²) in [6.07, 6.45) is -0.200. The Morgan fingerprint density at radius 2 is 1.61 bits per heavy atom. The quantitative estimate of drug-likeness (QED) is 0.217. The third-order valence-electron chi connectivity index (χ3n) is 1.93. The van der Waals surface area contributed by atoms with Gasteiger partial charge in [-0.25, -0.2) is 4.79 Å². The van der Waals surface area contributed by atoms with Crippen molar-refractivity contribution in [1.29, 1.82) is 0 Å². The van der Waals surface area contributed by atoms with E-state index >= 15 is 0 Å². The van der Waals surface area contributed by atoms with Gasteiger partial charge in [0.05, 0.1) is 13.5 Å². The number of allylic oxidation sites excluding steroid dienone is 1. The number of carbonyl (C=O) groups excluding carboxylic acids is 2. The topological polar surface area (TPSA) is 61.8 Å². The Bertz CT molecular complexity index is 368. The van der Waals surface area contributed by atoms with Crippen molar-refractivity contribution in [2.75, 3.05) is 20.3 Å². The summed E-state index contributed by atoms with van der Waals surface area (Å²) in [5, 5.41) is 0. The van der Waals surface area contributed by atoms with E-state index in [9.17, 15) is 9.59 Å². The van der Waals surface area contributed by atoms with Crippen molar-refractivity contribution in [3.63, 3.8) is 0 Å². The van der Waals surface area contributed by atoms with Crippen LogP contribution in [0.3, 0.4) is 0 Å². The summed E-state index contributed by atoms with van der Waals surface area (Å²) >= 11 is 0. The number of methoxy groups -OCH3 is 1. The lowest BCUT2D eigenvalue weighted by Crippen LogP contribution is -2.14. The van der Waals surface area contributed by atoms with Gasteiger partial charge >= 0.3 is 11.9 Å². The molecule has 0 aromatic carbocycles. The molecule has 100 valence electrons. The average molecular weight is 254 g/mol. The number of hydrogen-bond acceptors (Lipinski definition) is 5. The molecule has 0 atom stereocenters. The summed E-state index contributed by atoms with van der Waals surface area (Å²) in [5.74, 6) is -0.737. The fourth-order valence-corrected chi connectivity index (χ4v) is 0.885. The van der Waals surface area contributed by atoms with E-state index < -0.39 is 11.9 Å². The van der Waals surface area contributed by atoms with Crippen LogP contribution in [0.2, 0.25) is 0 Å². The van der Waals surface area contributed by atoms with Gasteiger partial charge in [-0.2, -0.15) is 0 Å². The first-order chi connectivity index (χ1) is 8.38. The summed E-state index contributed by atoms with van der Waals surface area (Å²) in [6.45, 7) is 12.7. The van der Waals surface area contributed by atoms with Gasteiger partial charge in [-0.1, -0.05) is 19.7 Å². The minimum absolute atomic E-state index is 0.0507. The second kappa shape index (κ2) is 8.11. The van der Waals surface area contributed by atoms with Crippen LogP contribution >= 0.6 is 0 Å². The summed E-state index contributed by atoms with van der Waals surface area (Å²) in [4.78, 5) is 22.2. The van der Waals surface area contributed by atoms with E-state index in [1.807, 2.05) is 0 Å². The minimum atomic E-state index is -0.626. The Hall–Kier alpha value is -2.04. The van der Waals surface area contributed by atoms with Gasteiger partial charge in [-0.3, -0.25) is 4.79 Å². The second-order valence-corrected chi connectivity index (χ2v) is 3.54. The van der Waals surface area contributed by atoms with Gasteiger partial charge < -0.3 is 14.2 Å². The van der Waals surface area contributed by atoms with E-state index in [1.165, 1.54) is 7.11 Å². The summed E-state index contributed by atoms with van der Waals surface area (Å²) in [6, 6.07) is 0. The van der Waals surface area contributed by atoms with Gasteiger partial charge in [0.2, 0.25) is 0 Å². The first kappa shape index (κ1) is 16.0. The zero-order chi connectivity index (χ0) is 14.1. The van der Waals surface area contributed by atoms with Gasteiger partial charge in [-0.05, 0) is 12.5 Å². The Labute approximate surface area is 107 Å². The van der Waals surface area contributed by atoms with E-state index in [-0.39, 0.29) is 25.2 Å². The molecule has 5 heteroatoms. The molecule has 0 aliphatic heterocycles. The highest BCUT2D eigenvalue weighted by Crippen LogP contribution is 2.05. The average Bonchev–Trinajstić information content (AvgIpc) is 2.32. The molecule has 0 N–H and O–H groups in total. The number of ether oxygens (including phenoxy) is 3. The van der Waals surface area contributed by atoms with E-state index in [1.54, 1.807) is 6.92 Å². The summed E-state index contributed by atoms with van der Waals surface area (Å²) in [7, 11) is 1.22. The van der Waals surface area contributed by atoms with Crippen LogP contribution in [0.5, 0.6) is 0 Å². The maximum atomic E-state index is 11.3. The fraction of sp³-hybridized carbons (Fsp3) is 0.385. The van der Waals surface area contributed by atoms with Crippen molar-refractivity contribution in [1.82, 2.24) is 0 Å². The molecule has 0 spiro atoms. The molecule has 0 unspecified atom stereocenters. The molecule has 0 fully saturated rings. The first-order valence-electron chi connectivity index (χ1n) is 5.27. The minimum Gasteiger partial charge on any atom is -0.490 e. The molecule has 0 aliphatic rings. The normalized spacial score (nSPS) is 9.22. The molecule has 5 nitrogen and oxygen atoms in total. The van der Waals surface area contributed by atoms with Crippen molar-refractivity contribution in [2.45, 2.75) is 13.3 Å². The first-order valence-corrected chi connectivity index (χ1v) is 5.27. The molecule has 0 rings (SSSR count). The standard InChI is InChI=1S/C13H18O5/c1-9(2)11(4)17-6-7-18-12(14)8-10(3)13(15)16-5/h1,3-4,6-8H2,2,5H3. The van der Waals surface area contributed by atoms with Crippen molar-refractivity contribution < 1.29 is 23.8 Å². The Morgan fingerprint density at radius 3 is 2.11 bits per heavy atom. The third kappa shape index (κ3) is 6.52. The van der Waals surface area contributed by atoms with Crippen molar-refractivity contribution in [3.05, 3.63) is 36.6 Å². The van der Waals surface area contributed by atoms with Gasteiger partial charge in [0, 0.05) is 5.57 Å². The number of hydrogen-bond donors (Lipinski definition) is 0. The molecule has 0 amide bonds. The lowest BCUT2D eigenvalue weighted by Gasteiger charge is -2.09. The molecule has 0 heterocycles. The highest BCUT2D eigenvalue weighted by Gasteiger charge is 2.12. The van der Waals surface area contributed by atoms with Gasteiger partial charge in [0.25, 0.3) is 0 Å². The van der Waals surface area contributed by atoms with Crippen molar-refractivity contribution >= 4 is 11.9 Å². The van der Waals surface area contributed by atoms with E-state index in [0.717, 1.165) is 0 Å². The molecule has 0 aromatic rings. The summed E-state index contributed by atoms with van der Waals surface area (Å²) < 4.78 is 14.4. The number of carbonyl (C=O) groups is 2. The van der Waals surface area contributed by atoms with E-state index in [2.05, 4.69) is 24.5 Å². The molecule has 0 aliphatic carbocycles. The molecular formula is C13H18O5.